The van der Waals surface area contributed by atoms with Crippen LogP contribution >= 0.6 is 0 Å². The molecule has 0 N–H and O–H groups in total. The van der Waals surface area contributed by atoms with Gasteiger partial charge in [-0.05, 0) is 38.8 Å². The third-order valence-electron chi connectivity index (χ3n) is 2.68. The molecule has 2 rings (SSSR count). The van der Waals surface area contributed by atoms with Crippen molar-refractivity contribution in [1.82, 2.24) is 0 Å². The Morgan fingerprint density at radius 3 is 1.24 bits per heavy atom. The van der Waals surface area contributed by atoms with Gasteiger partial charge in [0, 0.05) is 12.2 Å². The van der Waals surface area contributed by atoms with Gasteiger partial charge in [-0.15, -0.1) is 0 Å². The van der Waals surface area contributed by atoms with E-state index in [9.17, 15) is 0 Å². The van der Waals surface area contributed by atoms with Crippen molar-refractivity contribution in [2.45, 2.75) is 39.9 Å². The molecule has 0 fully saturated rings. The van der Waals surface area contributed by atoms with Crippen LogP contribution in [0.25, 0.3) is 11.1 Å². The summed E-state index contributed by atoms with van der Waals surface area (Å²) in [5, 5.41) is 0. The molecule has 0 saturated carbocycles. The molecule has 2 aromatic carbocycles. The second-order valence-electron chi connectivity index (χ2n) is 5.28. The number of hydrogen-bond acceptors (Lipinski definition) is 2. The fourth-order valence-electron chi connectivity index (χ4n) is 1.57. The summed E-state index contributed by atoms with van der Waals surface area (Å²) >= 11 is 0. The van der Waals surface area contributed by atoms with Crippen LogP contribution in [0.5, 0.6) is 0 Å². The highest BCUT2D eigenvalue weighted by Crippen LogP contribution is 2.17. The van der Waals surface area contributed by atoms with Crippen molar-refractivity contribution in [2.75, 3.05) is 0 Å². The summed E-state index contributed by atoms with van der Waals surface area (Å²) in [6.07, 6.45) is 0.658. The Morgan fingerprint density at radius 1 is 0.619 bits per heavy atom. The molecule has 0 unspecified atom stereocenters. The normalized spacial score (nSPS) is 10.4. The SMILES string of the molecule is CC(C)O[SiH2]OC(C)C.c1ccc(-c2ccccc2)cc1. The highest BCUT2D eigenvalue weighted by Gasteiger charge is 1.95. The summed E-state index contributed by atoms with van der Waals surface area (Å²) < 4.78 is 10.5. The first-order chi connectivity index (χ1) is 10.1. The maximum absolute atomic E-state index is 5.27. The molecule has 0 aliphatic heterocycles. The van der Waals surface area contributed by atoms with Crippen molar-refractivity contribution < 1.29 is 8.85 Å². The van der Waals surface area contributed by atoms with Gasteiger partial charge in [-0.2, -0.15) is 0 Å². The standard InChI is InChI=1S/C12H10.C6H16O2Si/c1-3-7-11(8-4-1)12-9-5-2-6-10-12;1-5(2)7-9-8-6(3)4/h1-10H;5-6H,9H2,1-4H3. The lowest BCUT2D eigenvalue weighted by molar-refractivity contribution is 0.152. The first kappa shape index (κ1) is 17.6. The Morgan fingerprint density at radius 2 is 0.952 bits per heavy atom. The zero-order valence-electron chi connectivity index (χ0n) is 13.5. The van der Waals surface area contributed by atoms with Crippen LogP contribution in [0.4, 0.5) is 0 Å². The molecule has 0 heterocycles. The van der Waals surface area contributed by atoms with Crippen LogP contribution in [0.2, 0.25) is 0 Å². The first-order valence-electron chi connectivity index (χ1n) is 7.43. The Kier molecular flexibility index (Phi) is 8.67. The van der Waals surface area contributed by atoms with Crippen molar-refractivity contribution in [3.63, 3.8) is 0 Å². The van der Waals surface area contributed by atoms with Gasteiger partial charge in [-0.3, -0.25) is 0 Å². The molecule has 0 radical (unpaired) electrons. The highest BCUT2D eigenvalue weighted by atomic mass is 28.3. The molecule has 0 aliphatic carbocycles. The van der Waals surface area contributed by atoms with E-state index in [1.807, 2.05) is 39.8 Å². The summed E-state index contributed by atoms with van der Waals surface area (Å²) in [4.78, 5) is 0. The molecule has 0 amide bonds. The fourth-order valence-corrected chi connectivity index (χ4v) is 2.20. The van der Waals surface area contributed by atoms with Gasteiger partial charge in [0.1, 0.15) is 0 Å². The first-order valence-corrected chi connectivity index (χ1v) is 8.58. The average Bonchev–Trinajstić information content (AvgIpc) is 2.49. The van der Waals surface area contributed by atoms with E-state index < -0.39 is 10.0 Å². The zero-order chi connectivity index (χ0) is 15.5. The quantitative estimate of drug-likeness (QED) is 0.771. The molecule has 21 heavy (non-hydrogen) atoms. The lowest BCUT2D eigenvalue weighted by atomic mass is 10.1. The van der Waals surface area contributed by atoms with E-state index in [2.05, 4.69) is 48.5 Å². The largest absolute Gasteiger partial charge is 0.396 e. The predicted molar refractivity (Wildman–Crippen MR) is 92.9 cm³/mol. The number of hydrogen-bond donors (Lipinski definition) is 0. The van der Waals surface area contributed by atoms with E-state index in [1.165, 1.54) is 11.1 Å². The molecular weight excluding hydrogens is 276 g/mol. The minimum atomic E-state index is -0.684. The van der Waals surface area contributed by atoms with E-state index in [0.717, 1.165) is 0 Å². The Labute approximate surface area is 131 Å². The van der Waals surface area contributed by atoms with E-state index in [-0.39, 0.29) is 0 Å². The third-order valence-corrected chi connectivity index (χ3v) is 4.29. The fraction of sp³-hybridized carbons (Fsp3) is 0.333. The summed E-state index contributed by atoms with van der Waals surface area (Å²) in [7, 11) is -0.684. The van der Waals surface area contributed by atoms with E-state index in [0.29, 0.717) is 12.2 Å². The third kappa shape index (κ3) is 8.45. The highest BCUT2D eigenvalue weighted by molar-refractivity contribution is 6.18. The van der Waals surface area contributed by atoms with Crippen molar-refractivity contribution in [2.24, 2.45) is 0 Å². The minimum absolute atomic E-state index is 0.329. The Bertz CT molecular complexity index is 424. The molecule has 3 heteroatoms. The lowest BCUT2D eigenvalue weighted by Gasteiger charge is -2.09. The van der Waals surface area contributed by atoms with Crippen molar-refractivity contribution in [3.8, 4) is 11.1 Å². The summed E-state index contributed by atoms with van der Waals surface area (Å²) in [6.45, 7) is 8.10. The zero-order valence-corrected chi connectivity index (χ0v) is 14.9. The van der Waals surface area contributed by atoms with Gasteiger partial charge in [0.25, 0.3) is 0 Å². The predicted octanol–water partition coefficient (Wildman–Crippen LogP) is 4.19. The number of rotatable bonds is 5. The molecule has 0 aliphatic rings. The van der Waals surface area contributed by atoms with Gasteiger partial charge in [0.05, 0.1) is 0 Å². The molecular formula is C18H26O2Si. The molecule has 0 aromatic heterocycles. The van der Waals surface area contributed by atoms with E-state index in [4.69, 9.17) is 8.85 Å². The van der Waals surface area contributed by atoms with Gasteiger partial charge in [-0.1, -0.05) is 60.7 Å². The topological polar surface area (TPSA) is 18.5 Å². The molecule has 0 spiro atoms. The van der Waals surface area contributed by atoms with E-state index in [1.54, 1.807) is 0 Å². The van der Waals surface area contributed by atoms with Crippen LogP contribution in [-0.4, -0.2) is 22.2 Å². The average molecular weight is 302 g/mol. The maximum atomic E-state index is 5.27. The summed E-state index contributed by atoms with van der Waals surface area (Å²) in [5.41, 5.74) is 2.55. The lowest BCUT2D eigenvalue weighted by Crippen LogP contribution is -2.14. The van der Waals surface area contributed by atoms with Crippen molar-refractivity contribution in [3.05, 3.63) is 60.7 Å². The van der Waals surface area contributed by atoms with Crippen molar-refractivity contribution in [1.29, 1.82) is 0 Å². The number of benzene rings is 2. The molecule has 2 nitrogen and oxygen atoms in total. The summed E-state index contributed by atoms with van der Waals surface area (Å²) in [6, 6.07) is 20.8. The molecule has 114 valence electrons. The molecule has 0 bridgehead atoms. The van der Waals surface area contributed by atoms with Gasteiger partial charge >= 0.3 is 10.0 Å². The van der Waals surface area contributed by atoms with Crippen LogP contribution in [0.15, 0.2) is 60.7 Å². The van der Waals surface area contributed by atoms with Gasteiger partial charge < -0.3 is 8.85 Å². The van der Waals surface area contributed by atoms with Gasteiger partial charge in [-0.25, -0.2) is 0 Å². The van der Waals surface area contributed by atoms with Crippen LogP contribution in [0, 0.1) is 0 Å². The van der Waals surface area contributed by atoms with Crippen LogP contribution < -0.4 is 0 Å². The summed E-state index contributed by atoms with van der Waals surface area (Å²) in [5.74, 6) is 0. The van der Waals surface area contributed by atoms with Gasteiger partial charge in [0.2, 0.25) is 0 Å². The van der Waals surface area contributed by atoms with Crippen LogP contribution in [0.1, 0.15) is 27.7 Å². The maximum Gasteiger partial charge on any atom is 0.304 e. The second-order valence-corrected chi connectivity index (χ2v) is 6.18. The molecule has 2 aromatic rings. The Balaban J connectivity index is 0.000000222. The van der Waals surface area contributed by atoms with Gasteiger partial charge in [0.15, 0.2) is 0 Å². The Hall–Kier alpha value is -1.42. The second kappa shape index (κ2) is 10.3. The smallest absolute Gasteiger partial charge is 0.304 e. The minimum Gasteiger partial charge on any atom is -0.396 e. The van der Waals surface area contributed by atoms with E-state index >= 15 is 0 Å². The van der Waals surface area contributed by atoms with Crippen LogP contribution in [0.3, 0.4) is 0 Å². The molecule has 0 atom stereocenters. The monoisotopic (exact) mass is 302 g/mol. The molecule has 0 saturated heterocycles. The van der Waals surface area contributed by atoms with Crippen LogP contribution in [-0.2, 0) is 8.85 Å². The van der Waals surface area contributed by atoms with Crippen molar-refractivity contribution >= 4 is 10.0 Å².